The zero-order valence-electron chi connectivity index (χ0n) is 12.5. The average molecular weight is 293 g/mol. The fourth-order valence-electron chi connectivity index (χ4n) is 2.16. The minimum absolute atomic E-state index is 0.810. The molecule has 2 aromatic heterocycles. The first kappa shape index (κ1) is 15.2. The minimum atomic E-state index is 0.810. The topological polar surface area (TPSA) is 41.3 Å². The summed E-state index contributed by atoms with van der Waals surface area (Å²) in [6.07, 6.45) is 1.14. The SMILES string of the molecule is CCCNCc1cc(CN(C)Cc2cscn2)c(C)o1. The molecule has 0 atom stereocenters. The van der Waals surface area contributed by atoms with Crippen molar-refractivity contribution in [3.05, 3.63) is 39.7 Å². The maximum atomic E-state index is 5.79. The molecule has 4 nitrogen and oxygen atoms in total. The van der Waals surface area contributed by atoms with Gasteiger partial charge in [0.15, 0.2) is 0 Å². The molecule has 0 aromatic carbocycles. The highest BCUT2D eigenvalue weighted by molar-refractivity contribution is 7.07. The molecule has 0 radical (unpaired) electrons. The Labute approximate surface area is 124 Å². The first-order chi connectivity index (χ1) is 9.69. The number of hydrogen-bond donors (Lipinski definition) is 1. The van der Waals surface area contributed by atoms with Crippen molar-refractivity contribution in [3.8, 4) is 0 Å². The highest BCUT2D eigenvalue weighted by atomic mass is 32.1. The number of hydrogen-bond acceptors (Lipinski definition) is 5. The minimum Gasteiger partial charge on any atom is -0.465 e. The van der Waals surface area contributed by atoms with Crippen molar-refractivity contribution >= 4 is 11.3 Å². The van der Waals surface area contributed by atoms with Crippen LogP contribution in [0, 0.1) is 6.92 Å². The molecule has 0 spiro atoms. The lowest BCUT2D eigenvalue weighted by Crippen LogP contribution is -2.17. The third-order valence-electron chi connectivity index (χ3n) is 3.15. The largest absolute Gasteiger partial charge is 0.465 e. The van der Waals surface area contributed by atoms with Crippen molar-refractivity contribution in [2.75, 3.05) is 13.6 Å². The molecule has 0 aliphatic heterocycles. The molecule has 0 aliphatic rings. The van der Waals surface area contributed by atoms with E-state index in [0.29, 0.717) is 0 Å². The van der Waals surface area contributed by atoms with E-state index >= 15 is 0 Å². The molecule has 5 heteroatoms. The van der Waals surface area contributed by atoms with Crippen LogP contribution in [0.1, 0.15) is 36.1 Å². The summed E-state index contributed by atoms with van der Waals surface area (Å²) in [6, 6.07) is 2.16. The first-order valence-corrected chi connectivity index (χ1v) is 7.97. The van der Waals surface area contributed by atoms with Crippen LogP contribution < -0.4 is 5.32 Å². The van der Waals surface area contributed by atoms with Crippen LogP contribution in [-0.2, 0) is 19.6 Å². The Morgan fingerprint density at radius 3 is 2.95 bits per heavy atom. The second kappa shape index (κ2) is 7.57. The normalized spacial score (nSPS) is 11.4. The Kier molecular flexibility index (Phi) is 5.76. The number of thiazole rings is 1. The van der Waals surface area contributed by atoms with Gasteiger partial charge in [0.2, 0.25) is 0 Å². The number of nitrogens with one attached hydrogen (secondary N) is 1. The van der Waals surface area contributed by atoms with Crippen LogP contribution in [0.4, 0.5) is 0 Å². The van der Waals surface area contributed by atoms with Gasteiger partial charge in [-0.15, -0.1) is 11.3 Å². The van der Waals surface area contributed by atoms with Crippen LogP contribution >= 0.6 is 11.3 Å². The molecular formula is C15H23N3OS. The third kappa shape index (κ3) is 4.44. The van der Waals surface area contributed by atoms with Crippen molar-refractivity contribution in [2.24, 2.45) is 0 Å². The van der Waals surface area contributed by atoms with E-state index in [0.717, 1.165) is 49.8 Å². The molecule has 0 saturated carbocycles. The van der Waals surface area contributed by atoms with E-state index in [1.54, 1.807) is 11.3 Å². The van der Waals surface area contributed by atoms with Gasteiger partial charge in [0.25, 0.3) is 0 Å². The lowest BCUT2D eigenvalue weighted by molar-refractivity contribution is 0.313. The predicted molar refractivity (Wildman–Crippen MR) is 82.7 cm³/mol. The second-order valence-corrected chi connectivity index (χ2v) is 5.84. The van der Waals surface area contributed by atoms with Gasteiger partial charge < -0.3 is 9.73 Å². The van der Waals surface area contributed by atoms with Gasteiger partial charge in [-0.25, -0.2) is 4.98 Å². The van der Waals surface area contributed by atoms with Crippen molar-refractivity contribution < 1.29 is 4.42 Å². The summed E-state index contributed by atoms with van der Waals surface area (Å²) >= 11 is 1.64. The smallest absolute Gasteiger partial charge is 0.118 e. The highest BCUT2D eigenvalue weighted by Gasteiger charge is 2.10. The number of aryl methyl sites for hydroxylation is 1. The highest BCUT2D eigenvalue weighted by Crippen LogP contribution is 2.17. The maximum absolute atomic E-state index is 5.79. The monoisotopic (exact) mass is 293 g/mol. The molecule has 20 heavy (non-hydrogen) atoms. The average Bonchev–Trinajstić information content (AvgIpc) is 3.01. The maximum Gasteiger partial charge on any atom is 0.118 e. The molecule has 2 heterocycles. The first-order valence-electron chi connectivity index (χ1n) is 7.03. The number of rotatable bonds is 8. The lowest BCUT2D eigenvalue weighted by Gasteiger charge is -2.14. The second-order valence-electron chi connectivity index (χ2n) is 5.12. The summed E-state index contributed by atoms with van der Waals surface area (Å²) in [5.74, 6) is 2.04. The molecule has 0 bridgehead atoms. The van der Waals surface area contributed by atoms with Crippen molar-refractivity contribution in [3.63, 3.8) is 0 Å². The Morgan fingerprint density at radius 1 is 1.40 bits per heavy atom. The molecule has 0 aliphatic carbocycles. The van der Waals surface area contributed by atoms with E-state index in [1.165, 1.54) is 5.56 Å². The molecule has 0 saturated heterocycles. The van der Waals surface area contributed by atoms with E-state index in [2.05, 4.69) is 40.6 Å². The lowest BCUT2D eigenvalue weighted by atomic mass is 10.2. The number of aromatic nitrogens is 1. The van der Waals surface area contributed by atoms with Crippen LogP contribution in [0.3, 0.4) is 0 Å². The standard InChI is InChI=1S/C15H23N3OS/c1-4-5-16-7-15-6-13(12(2)19-15)8-18(3)9-14-10-20-11-17-14/h6,10-11,16H,4-5,7-9H2,1-3H3. The van der Waals surface area contributed by atoms with Crippen LogP contribution in [0.2, 0.25) is 0 Å². The molecular weight excluding hydrogens is 270 g/mol. The van der Waals surface area contributed by atoms with E-state index < -0.39 is 0 Å². The van der Waals surface area contributed by atoms with E-state index in [-0.39, 0.29) is 0 Å². The molecule has 0 fully saturated rings. The van der Waals surface area contributed by atoms with Gasteiger partial charge in [-0.2, -0.15) is 0 Å². The Hall–Kier alpha value is -1.17. The van der Waals surface area contributed by atoms with Crippen LogP contribution in [0.5, 0.6) is 0 Å². The molecule has 2 aromatic rings. The van der Waals surface area contributed by atoms with E-state index in [4.69, 9.17) is 4.42 Å². The molecule has 110 valence electrons. The van der Waals surface area contributed by atoms with Gasteiger partial charge in [-0.05, 0) is 33.0 Å². The third-order valence-corrected chi connectivity index (χ3v) is 3.79. The summed E-state index contributed by atoms with van der Waals surface area (Å²) in [5.41, 5.74) is 4.27. The van der Waals surface area contributed by atoms with Gasteiger partial charge in [-0.1, -0.05) is 6.92 Å². The molecule has 1 N–H and O–H groups in total. The van der Waals surface area contributed by atoms with Gasteiger partial charge >= 0.3 is 0 Å². The van der Waals surface area contributed by atoms with Crippen LogP contribution in [0.25, 0.3) is 0 Å². The van der Waals surface area contributed by atoms with Crippen LogP contribution in [-0.4, -0.2) is 23.5 Å². The summed E-state index contributed by atoms with van der Waals surface area (Å²) in [4.78, 5) is 6.58. The van der Waals surface area contributed by atoms with Gasteiger partial charge in [0.1, 0.15) is 11.5 Å². The predicted octanol–water partition coefficient (Wildman–Crippen LogP) is 3.18. The van der Waals surface area contributed by atoms with Crippen molar-refractivity contribution in [1.29, 1.82) is 0 Å². The summed E-state index contributed by atoms with van der Waals surface area (Å²) < 4.78 is 5.79. The molecule has 0 amide bonds. The van der Waals surface area contributed by atoms with Crippen molar-refractivity contribution in [1.82, 2.24) is 15.2 Å². The Balaban J connectivity index is 1.88. The molecule has 2 rings (SSSR count). The quantitative estimate of drug-likeness (QED) is 0.759. The van der Waals surface area contributed by atoms with E-state index in [1.807, 2.05) is 12.4 Å². The van der Waals surface area contributed by atoms with Gasteiger partial charge in [0.05, 0.1) is 17.7 Å². The Bertz CT molecular complexity index is 507. The Morgan fingerprint density at radius 2 is 2.25 bits per heavy atom. The van der Waals surface area contributed by atoms with Gasteiger partial charge in [-0.3, -0.25) is 4.90 Å². The fraction of sp³-hybridized carbons (Fsp3) is 0.533. The molecule has 0 unspecified atom stereocenters. The number of furan rings is 1. The van der Waals surface area contributed by atoms with E-state index in [9.17, 15) is 0 Å². The zero-order valence-corrected chi connectivity index (χ0v) is 13.3. The fourth-order valence-corrected chi connectivity index (χ4v) is 2.71. The number of nitrogens with zero attached hydrogens (tertiary/aromatic N) is 2. The summed E-state index contributed by atoms with van der Waals surface area (Å²) in [7, 11) is 2.11. The van der Waals surface area contributed by atoms with Crippen LogP contribution in [0.15, 0.2) is 21.4 Å². The van der Waals surface area contributed by atoms with Crippen molar-refractivity contribution in [2.45, 2.75) is 39.9 Å². The van der Waals surface area contributed by atoms with Gasteiger partial charge in [0, 0.05) is 24.0 Å². The zero-order chi connectivity index (χ0) is 14.4. The summed E-state index contributed by atoms with van der Waals surface area (Å²) in [5, 5.41) is 5.46. The summed E-state index contributed by atoms with van der Waals surface area (Å²) in [6.45, 7) is 7.80.